The van der Waals surface area contributed by atoms with Gasteiger partial charge in [0.25, 0.3) is 0 Å². The zero-order chi connectivity index (χ0) is 12.1. The molecule has 0 saturated carbocycles. The molecule has 0 aliphatic carbocycles. The maximum Gasteiger partial charge on any atom is 0.0828 e. The first-order valence-corrected chi connectivity index (χ1v) is 13.5. The van der Waals surface area contributed by atoms with Crippen LogP contribution in [0.1, 0.15) is 26.7 Å². The lowest BCUT2D eigenvalue weighted by Gasteiger charge is -1.97. The lowest BCUT2D eigenvalue weighted by atomic mass is 10.6. The first-order valence-electron chi connectivity index (χ1n) is 5.88. The Labute approximate surface area is 134 Å². The van der Waals surface area contributed by atoms with E-state index in [0.29, 0.717) is 0 Å². The Morgan fingerprint density at radius 3 is 1.65 bits per heavy atom. The van der Waals surface area contributed by atoms with Crippen LogP contribution in [0.25, 0.3) is 0 Å². The van der Waals surface area contributed by atoms with Gasteiger partial charge in [0.05, 0.1) is 18.3 Å². The van der Waals surface area contributed by atoms with Gasteiger partial charge in [-0.25, -0.2) is 0 Å². The lowest BCUT2D eigenvalue weighted by Crippen LogP contribution is -1.88. The summed E-state index contributed by atoms with van der Waals surface area (Å²) < 4.78 is 3.55. The summed E-state index contributed by atoms with van der Waals surface area (Å²) in [6, 6.07) is 0. The Kier molecular flexibility index (Phi) is 8.08. The van der Waals surface area contributed by atoms with Gasteiger partial charge in [0.1, 0.15) is 0 Å². The Bertz CT molecular complexity index is 203. The molecular weight excluding hydrogens is 345 g/mol. The first-order chi connectivity index (χ1) is 8.35. The summed E-state index contributed by atoms with van der Waals surface area (Å²) in [5, 5.41) is 0. The van der Waals surface area contributed by atoms with E-state index in [-0.39, 0.29) is 0 Å². The molecule has 2 aliphatic rings. The molecule has 0 nitrogen and oxygen atoms in total. The first kappa shape index (κ1) is 15.8. The monoisotopic (exact) mass is 362 g/mol. The smallest absolute Gasteiger partial charge is 0.0828 e. The fourth-order valence-electron chi connectivity index (χ4n) is 1.03. The van der Waals surface area contributed by atoms with Crippen molar-refractivity contribution in [3.8, 4) is 0 Å². The summed E-state index contributed by atoms with van der Waals surface area (Å²) in [5.41, 5.74) is 0. The van der Waals surface area contributed by atoms with Crippen molar-refractivity contribution in [3.63, 3.8) is 0 Å². The summed E-state index contributed by atoms with van der Waals surface area (Å²) >= 11 is 6.54. The number of hydrogen-bond acceptors (Lipinski definition) is 7. The van der Waals surface area contributed by atoms with Gasteiger partial charge in [-0.3, -0.25) is 0 Å². The van der Waals surface area contributed by atoms with Crippen LogP contribution < -0.4 is 0 Å². The fourth-order valence-corrected chi connectivity index (χ4v) is 13.7. The molecule has 7 heteroatoms. The Hall–Kier alpha value is 2.45. The van der Waals surface area contributed by atoms with Crippen molar-refractivity contribution in [1.82, 2.24) is 0 Å². The molecule has 0 radical (unpaired) electrons. The van der Waals surface area contributed by atoms with Crippen molar-refractivity contribution in [2.24, 2.45) is 0 Å². The zero-order valence-corrected chi connectivity index (χ0v) is 15.7. The average Bonchev–Trinajstić information content (AvgIpc) is 3.21. The van der Waals surface area contributed by atoms with Crippen LogP contribution in [0.3, 0.4) is 0 Å². The molecule has 17 heavy (non-hydrogen) atoms. The third-order valence-corrected chi connectivity index (χ3v) is 14.4. The van der Waals surface area contributed by atoms with E-state index >= 15 is 0 Å². The molecule has 0 aromatic rings. The molecule has 4 atom stereocenters. The van der Waals surface area contributed by atoms with Crippen LogP contribution >= 0.6 is 78.5 Å². The van der Waals surface area contributed by atoms with E-state index < -0.39 is 0 Å². The van der Waals surface area contributed by atoms with Crippen molar-refractivity contribution in [3.05, 3.63) is 0 Å². The molecule has 0 N–H and O–H groups in total. The summed E-state index contributed by atoms with van der Waals surface area (Å²) in [6.45, 7) is 4.52. The van der Waals surface area contributed by atoms with E-state index in [4.69, 9.17) is 0 Å². The second kappa shape index (κ2) is 8.67. The number of rotatable bonds is 10. The normalized spacial score (nSPS) is 34.9. The molecule has 2 rings (SSSR count). The van der Waals surface area contributed by atoms with E-state index in [9.17, 15) is 0 Å². The number of hydrogen-bond donors (Lipinski definition) is 0. The fraction of sp³-hybridized carbons (Fsp3) is 1.00. The molecule has 0 bridgehead atoms. The van der Waals surface area contributed by atoms with E-state index in [1.165, 1.54) is 24.3 Å². The highest BCUT2D eigenvalue weighted by Crippen LogP contribution is 2.67. The lowest BCUT2D eigenvalue weighted by molar-refractivity contribution is 1.11. The third kappa shape index (κ3) is 6.17. The highest BCUT2D eigenvalue weighted by Gasteiger charge is 2.48. The maximum absolute atomic E-state index is 2.26. The quantitative estimate of drug-likeness (QED) is 0.258. The summed E-state index contributed by atoms with van der Waals surface area (Å²) in [6.07, 6.45) is 2.61. The summed E-state index contributed by atoms with van der Waals surface area (Å²) in [4.78, 5) is 0. The standard InChI is InChI=1S/C10H18S7/c1-3-5-11-16-9-7(14-9)13-8-10(15-8)17-12-6-4-2/h7-10H,3-6H2,1-2H3. The molecular formula is C10H18S7. The van der Waals surface area contributed by atoms with Gasteiger partial charge >= 0.3 is 0 Å². The van der Waals surface area contributed by atoms with Crippen LogP contribution in [-0.2, 0) is 0 Å². The van der Waals surface area contributed by atoms with E-state index in [1.54, 1.807) is 0 Å². The van der Waals surface area contributed by atoms with E-state index in [1.807, 2.05) is 0 Å². The van der Waals surface area contributed by atoms with Crippen LogP contribution in [0, 0.1) is 0 Å². The van der Waals surface area contributed by atoms with Crippen molar-refractivity contribution < 1.29 is 0 Å². The second-order valence-electron chi connectivity index (χ2n) is 3.72. The van der Waals surface area contributed by atoms with Crippen molar-refractivity contribution >= 4 is 78.5 Å². The van der Waals surface area contributed by atoms with Gasteiger partial charge in [0, 0.05) is 11.5 Å². The van der Waals surface area contributed by atoms with Crippen LogP contribution in [0.15, 0.2) is 0 Å². The molecule has 0 aromatic heterocycles. The van der Waals surface area contributed by atoms with E-state index in [0.717, 1.165) is 18.3 Å². The van der Waals surface area contributed by atoms with Gasteiger partial charge in [0.15, 0.2) is 0 Å². The highest BCUT2D eigenvalue weighted by molar-refractivity contribution is 8.80. The van der Waals surface area contributed by atoms with Gasteiger partial charge in [0.2, 0.25) is 0 Å². The van der Waals surface area contributed by atoms with E-state index in [2.05, 4.69) is 92.3 Å². The predicted octanol–water partition coefficient (Wildman–Crippen LogP) is 6.10. The van der Waals surface area contributed by atoms with Gasteiger partial charge in [-0.1, -0.05) is 57.0 Å². The minimum absolute atomic E-state index is 0.881. The molecule has 2 saturated heterocycles. The SMILES string of the molecule is CCCSSC1SC1SC1SC1SSCCC. The zero-order valence-electron chi connectivity index (χ0n) is 10.00. The highest BCUT2D eigenvalue weighted by atomic mass is 33.1. The topological polar surface area (TPSA) is 0 Å². The van der Waals surface area contributed by atoms with Crippen molar-refractivity contribution in [2.75, 3.05) is 11.5 Å². The van der Waals surface area contributed by atoms with Crippen molar-refractivity contribution in [2.45, 2.75) is 45.0 Å². The predicted molar refractivity (Wildman–Crippen MR) is 98.6 cm³/mol. The maximum atomic E-state index is 2.26. The average molecular weight is 363 g/mol. The Balaban J connectivity index is 1.45. The molecule has 2 aliphatic heterocycles. The number of thioether (sulfide) groups is 3. The van der Waals surface area contributed by atoms with Crippen LogP contribution in [0.2, 0.25) is 0 Å². The van der Waals surface area contributed by atoms with Crippen LogP contribution in [-0.4, -0.2) is 29.8 Å². The summed E-state index contributed by atoms with van der Waals surface area (Å²) in [7, 11) is 8.33. The molecule has 100 valence electrons. The third-order valence-electron chi connectivity index (χ3n) is 2.00. The molecule has 2 fully saturated rings. The van der Waals surface area contributed by atoms with Gasteiger partial charge in [-0.05, 0) is 12.8 Å². The van der Waals surface area contributed by atoms with Gasteiger partial charge < -0.3 is 0 Å². The van der Waals surface area contributed by atoms with Gasteiger partial charge in [-0.2, -0.15) is 0 Å². The second-order valence-corrected chi connectivity index (χ2v) is 14.0. The van der Waals surface area contributed by atoms with Crippen molar-refractivity contribution in [1.29, 1.82) is 0 Å². The van der Waals surface area contributed by atoms with Gasteiger partial charge in [-0.15, -0.1) is 35.3 Å². The molecule has 0 spiro atoms. The largest absolute Gasteiger partial charge is 0.129 e. The minimum Gasteiger partial charge on any atom is -0.129 e. The molecule has 4 unspecified atom stereocenters. The Morgan fingerprint density at radius 2 is 1.24 bits per heavy atom. The van der Waals surface area contributed by atoms with Crippen LogP contribution in [0.4, 0.5) is 0 Å². The minimum atomic E-state index is 0.881. The molecule has 2 heterocycles. The summed E-state index contributed by atoms with van der Waals surface area (Å²) in [5.74, 6) is 2.62. The molecule has 0 aromatic carbocycles. The Morgan fingerprint density at radius 1 is 0.765 bits per heavy atom. The van der Waals surface area contributed by atoms with Crippen LogP contribution in [0.5, 0.6) is 0 Å². The molecule has 0 amide bonds.